The molecule has 1 fully saturated rings. The van der Waals surface area contributed by atoms with Crippen LogP contribution in [0.1, 0.15) is 23.7 Å². The molecule has 0 aliphatic carbocycles. The van der Waals surface area contributed by atoms with Gasteiger partial charge in [0.25, 0.3) is 5.91 Å². The maximum atomic E-state index is 13.6. The zero-order valence-corrected chi connectivity index (χ0v) is 16.9. The Morgan fingerprint density at radius 2 is 1.90 bits per heavy atom. The maximum Gasteiger partial charge on any atom is 0.275 e. The molecule has 7 nitrogen and oxygen atoms in total. The smallest absolute Gasteiger partial charge is 0.275 e. The summed E-state index contributed by atoms with van der Waals surface area (Å²) in [7, 11) is 1.61. The average Bonchev–Trinajstić information content (AvgIpc) is 3.16. The highest BCUT2D eigenvalue weighted by Crippen LogP contribution is 2.41. The predicted octanol–water partition coefficient (Wildman–Crippen LogP) is 2.65. The van der Waals surface area contributed by atoms with Gasteiger partial charge in [0.15, 0.2) is 5.54 Å². The van der Waals surface area contributed by atoms with E-state index >= 15 is 0 Å². The molecule has 0 bridgehead atoms. The Morgan fingerprint density at radius 3 is 2.67 bits per heavy atom. The fraction of sp³-hybridized carbons (Fsp3) is 0.261. The second-order valence-corrected chi connectivity index (χ2v) is 7.77. The molecular formula is C23H22N4O3. The normalized spacial score (nSPS) is 21.3. The van der Waals surface area contributed by atoms with Crippen molar-refractivity contribution in [1.29, 1.82) is 0 Å². The molecule has 3 heterocycles. The monoisotopic (exact) mass is 402 g/mol. The Morgan fingerprint density at radius 1 is 1.13 bits per heavy atom. The van der Waals surface area contributed by atoms with Crippen LogP contribution in [-0.2, 0) is 21.5 Å². The van der Waals surface area contributed by atoms with Crippen LogP contribution in [0.25, 0.3) is 10.9 Å². The topological polar surface area (TPSA) is 78.0 Å². The number of carbonyl (C=O) groups excluding carboxylic acids is 2. The van der Waals surface area contributed by atoms with Crippen molar-refractivity contribution in [3.8, 4) is 5.75 Å². The average molecular weight is 402 g/mol. The molecule has 2 aromatic carbocycles. The molecule has 0 radical (unpaired) electrons. The van der Waals surface area contributed by atoms with Crippen molar-refractivity contribution in [3.63, 3.8) is 0 Å². The van der Waals surface area contributed by atoms with Crippen LogP contribution in [0, 0.1) is 0 Å². The number of ether oxygens (including phenoxy) is 1. The van der Waals surface area contributed by atoms with E-state index in [4.69, 9.17) is 4.74 Å². The van der Waals surface area contributed by atoms with Crippen LogP contribution in [0.2, 0.25) is 0 Å². The molecule has 1 N–H and O–H groups in total. The molecule has 152 valence electrons. The number of fused-ring (bicyclic) bond motifs is 5. The van der Waals surface area contributed by atoms with Crippen molar-refractivity contribution < 1.29 is 14.3 Å². The summed E-state index contributed by atoms with van der Waals surface area (Å²) in [5.41, 5.74) is 2.59. The van der Waals surface area contributed by atoms with Gasteiger partial charge in [-0.25, -0.2) is 5.01 Å². The molecule has 1 saturated heterocycles. The van der Waals surface area contributed by atoms with E-state index in [-0.39, 0.29) is 18.4 Å². The standard InChI is InChI=1S/C23H22N4O3/c1-23-21-18(17-5-3-4-6-19(17)25-21)11-12-26(23)20(28)14-27(22(23)29)24-13-15-7-9-16(30-2)10-8-15/h3-10,13,25H,11-12,14H2,1-2H3/b24-13-/t23-/m0/s1. The number of carbonyl (C=O) groups is 2. The number of nitrogens with one attached hydrogen (secondary N) is 1. The van der Waals surface area contributed by atoms with Gasteiger partial charge in [0.2, 0.25) is 5.91 Å². The fourth-order valence-electron chi connectivity index (χ4n) is 4.51. The highest BCUT2D eigenvalue weighted by Gasteiger charge is 2.54. The van der Waals surface area contributed by atoms with Gasteiger partial charge in [-0.3, -0.25) is 9.59 Å². The van der Waals surface area contributed by atoms with E-state index in [9.17, 15) is 9.59 Å². The van der Waals surface area contributed by atoms with Gasteiger partial charge in [-0.05, 0) is 54.8 Å². The van der Waals surface area contributed by atoms with Crippen LogP contribution < -0.4 is 4.74 Å². The number of hydrazone groups is 1. The van der Waals surface area contributed by atoms with Crippen molar-refractivity contribution in [3.05, 3.63) is 65.4 Å². The summed E-state index contributed by atoms with van der Waals surface area (Å²) < 4.78 is 5.16. The number of para-hydroxylation sites is 1. The molecule has 7 heteroatoms. The zero-order valence-electron chi connectivity index (χ0n) is 16.9. The SMILES string of the molecule is COc1ccc(/C=N\N2CC(=O)N3CCc4c([nH]c5ccccc45)[C@@]3(C)C2=O)cc1. The van der Waals surface area contributed by atoms with Crippen molar-refractivity contribution >= 4 is 28.9 Å². The van der Waals surface area contributed by atoms with Crippen molar-refractivity contribution in [2.24, 2.45) is 5.10 Å². The minimum absolute atomic E-state index is 0.0589. The Hall–Kier alpha value is -3.61. The second kappa shape index (κ2) is 6.73. The molecule has 1 atom stereocenters. The number of benzene rings is 2. The molecule has 1 aromatic heterocycles. The van der Waals surface area contributed by atoms with Crippen LogP contribution in [0.15, 0.2) is 53.6 Å². The minimum Gasteiger partial charge on any atom is -0.497 e. The molecule has 5 rings (SSSR count). The first-order valence-corrected chi connectivity index (χ1v) is 9.93. The Labute approximate surface area is 173 Å². The molecule has 3 aromatic rings. The lowest BCUT2D eigenvalue weighted by atomic mass is 9.83. The molecule has 2 aliphatic rings. The van der Waals surface area contributed by atoms with E-state index in [0.29, 0.717) is 6.54 Å². The zero-order chi connectivity index (χ0) is 20.9. The van der Waals surface area contributed by atoms with Crippen molar-refractivity contribution in [2.75, 3.05) is 20.2 Å². The molecule has 0 saturated carbocycles. The summed E-state index contributed by atoms with van der Waals surface area (Å²) >= 11 is 0. The summed E-state index contributed by atoms with van der Waals surface area (Å²) in [6.07, 6.45) is 2.32. The third-order valence-electron chi connectivity index (χ3n) is 6.12. The largest absolute Gasteiger partial charge is 0.497 e. The lowest BCUT2D eigenvalue weighted by Crippen LogP contribution is -2.65. The van der Waals surface area contributed by atoms with Crippen LogP contribution in [0.3, 0.4) is 0 Å². The minimum atomic E-state index is -1.10. The first kappa shape index (κ1) is 18.4. The quantitative estimate of drug-likeness (QED) is 0.684. The number of piperazine rings is 1. The van der Waals surface area contributed by atoms with Crippen LogP contribution in [-0.4, -0.2) is 53.1 Å². The number of aromatic amines is 1. The highest BCUT2D eigenvalue weighted by molar-refractivity contribution is 6.01. The summed E-state index contributed by atoms with van der Waals surface area (Å²) in [6.45, 7) is 2.28. The summed E-state index contributed by atoms with van der Waals surface area (Å²) in [4.78, 5) is 31.6. The van der Waals surface area contributed by atoms with E-state index in [1.54, 1.807) is 18.2 Å². The predicted molar refractivity (Wildman–Crippen MR) is 113 cm³/mol. The fourth-order valence-corrected chi connectivity index (χ4v) is 4.51. The van der Waals surface area contributed by atoms with Gasteiger partial charge in [-0.15, -0.1) is 0 Å². The highest BCUT2D eigenvalue weighted by atomic mass is 16.5. The molecule has 30 heavy (non-hydrogen) atoms. The van der Waals surface area contributed by atoms with Gasteiger partial charge in [-0.2, -0.15) is 5.10 Å². The second-order valence-electron chi connectivity index (χ2n) is 7.77. The molecule has 2 aliphatic heterocycles. The number of hydrogen-bond acceptors (Lipinski definition) is 4. The van der Waals surface area contributed by atoms with Gasteiger partial charge in [0.05, 0.1) is 19.0 Å². The van der Waals surface area contributed by atoms with Gasteiger partial charge in [0.1, 0.15) is 12.3 Å². The number of methoxy groups -OCH3 is 1. The van der Waals surface area contributed by atoms with Crippen molar-refractivity contribution in [2.45, 2.75) is 18.9 Å². The Bertz CT molecular complexity index is 1180. The Balaban J connectivity index is 1.53. The van der Waals surface area contributed by atoms with E-state index in [0.717, 1.165) is 39.9 Å². The molecule has 0 spiro atoms. The summed E-state index contributed by atoms with van der Waals surface area (Å²) in [5, 5.41) is 6.75. The number of amides is 2. The van der Waals surface area contributed by atoms with E-state index < -0.39 is 5.54 Å². The van der Waals surface area contributed by atoms with Gasteiger partial charge in [0, 0.05) is 17.4 Å². The molecule has 0 unspecified atom stereocenters. The number of hydrogen-bond donors (Lipinski definition) is 1. The van der Waals surface area contributed by atoms with E-state index in [1.165, 1.54) is 5.01 Å². The molecule has 2 amide bonds. The van der Waals surface area contributed by atoms with Crippen LogP contribution in [0.4, 0.5) is 0 Å². The van der Waals surface area contributed by atoms with Crippen LogP contribution >= 0.6 is 0 Å². The Kier molecular flexibility index (Phi) is 4.13. The van der Waals surface area contributed by atoms with E-state index in [2.05, 4.69) is 16.2 Å². The molecular weight excluding hydrogens is 380 g/mol. The number of nitrogens with zero attached hydrogens (tertiary/aromatic N) is 3. The van der Waals surface area contributed by atoms with E-state index in [1.807, 2.05) is 49.4 Å². The maximum absolute atomic E-state index is 13.6. The number of aromatic nitrogens is 1. The lowest BCUT2D eigenvalue weighted by molar-refractivity contribution is -0.165. The van der Waals surface area contributed by atoms with Gasteiger partial charge in [-0.1, -0.05) is 18.2 Å². The number of H-pyrrole nitrogens is 1. The van der Waals surface area contributed by atoms with Crippen molar-refractivity contribution in [1.82, 2.24) is 14.9 Å². The van der Waals surface area contributed by atoms with Gasteiger partial charge < -0.3 is 14.6 Å². The lowest BCUT2D eigenvalue weighted by Gasteiger charge is -2.48. The number of rotatable bonds is 3. The van der Waals surface area contributed by atoms with Crippen LogP contribution in [0.5, 0.6) is 5.75 Å². The third-order valence-corrected chi connectivity index (χ3v) is 6.12. The first-order valence-electron chi connectivity index (χ1n) is 9.93. The third kappa shape index (κ3) is 2.62. The van der Waals surface area contributed by atoms with Gasteiger partial charge >= 0.3 is 0 Å². The first-order chi connectivity index (χ1) is 14.5. The summed E-state index contributed by atoms with van der Waals surface area (Å²) in [6, 6.07) is 15.4. The summed E-state index contributed by atoms with van der Waals surface area (Å²) in [5.74, 6) is 0.431.